The summed E-state index contributed by atoms with van der Waals surface area (Å²) in [4.78, 5) is 80.6. The van der Waals surface area contributed by atoms with E-state index in [1.54, 1.807) is 80.5 Å². The molecule has 2 saturated heterocycles. The largest absolute Gasteiger partial charge is 0.354 e. The lowest BCUT2D eigenvalue weighted by Gasteiger charge is -2.32. The maximum Gasteiger partial charge on any atom is 0.253 e. The Kier molecular flexibility index (Phi) is 14.2. The van der Waals surface area contributed by atoms with Crippen LogP contribution in [0, 0.1) is 0 Å². The van der Waals surface area contributed by atoms with E-state index in [4.69, 9.17) is 0 Å². The third-order valence-corrected chi connectivity index (χ3v) is 14.7. The molecule has 10 aromatic rings. The number of hydrogen-bond donors (Lipinski definition) is 4. The molecule has 0 saturated carbocycles. The van der Waals surface area contributed by atoms with Crippen LogP contribution in [-0.4, -0.2) is 111 Å². The Morgan fingerprint density at radius 3 is 1.50 bits per heavy atom. The van der Waals surface area contributed by atoms with Gasteiger partial charge in [0.25, 0.3) is 11.8 Å². The lowest BCUT2D eigenvalue weighted by Crippen LogP contribution is -2.49. The van der Waals surface area contributed by atoms with Crippen molar-refractivity contribution < 1.29 is 19.2 Å². The number of rotatable bonds is 10. The Morgan fingerprint density at radius 1 is 0.513 bits per heavy atom. The highest BCUT2D eigenvalue weighted by molar-refractivity contribution is 6.03. The molecule has 4 amide bonds. The highest BCUT2D eigenvalue weighted by Gasteiger charge is 2.26. The van der Waals surface area contributed by atoms with Gasteiger partial charge >= 0.3 is 0 Å². The van der Waals surface area contributed by atoms with E-state index in [1.165, 1.54) is 10.8 Å². The number of benzene rings is 4. The van der Waals surface area contributed by atoms with Crippen LogP contribution in [-0.2, 0) is 23.7 Å². The first-order valence-corrected chi connectivity index (χ1v) is 26.1. The van der Waals surface area contributed by atoms with Gasteiger partial charge in [0.1, 0.15) is 0 Å². The minimum Gasteiger partial charge on any atom is -0.354 e. The molecule has 0 radical (unpaired) electrons. The Balaban J connectivity index is 0.000000165. The molecule has 2 aliphatic heterocycles. The molecule has 2 fully saturated rings. The highest BCUT2D eigenvalue weighted by Crippen LogP contribution is 2.36. The van der Waals surface area contributed by atoms with Gasteiger partial charge in [-0.1, -0.05) is 24.3 Å². The summed E-state index contributed by atoms with van der Waals surface area (Å²) in [5.74, 6) is -0.272. The summed E-state index contributed by atoms with van der Waals surface area (Å²) < 4.78 is 4.19. The summed E-state index contributed by atoms with van der Waals surface area (Å²) in [7, 11) is 4.06. The average Bonchev–Trinajstić information content (AvgIpc) is 4.08. The first kappa shape index (κ1) is 50.6. The minimum atomic E-state index is -0.203. The number of piperidine rings is 2. The molecular formula is C60H58N14O4. The Labute approximate surface area is 450 Å². The molecule has 0 bridgehead atoms. The van der Waals surface area contributed by atoms with E-state index in [2.05, 4.69) is 109 Å². The maximum absolute atomic E-state index is 13.3. The Morgan fingerprint density at radius 2 is 1.00 bits per heavy atom. The molecule has 4 aromatic carbocycles. The highest BCUT2D eigenvalue weighted by atomic mass is 16.2. The maximum atomic E-state index is 13.3. The SMILES string of the molecule is CC(=O)N1CCC(NC(=O)c2ccncc2Nc2cc(-c3ccc4ccn(C)c4c3)c3nccnc3c2)CC1.CC(=O)N1CCCC(NC(=O)c2ccncc2Nc2cc(-c3ccc4ccn(C)c4c3)c3nccnc3c2)C1. The van der Waals surface area contributed by atoms with Gasteiger partial charge in [-0.05, 0) is 108 Å². The van der Waals surface area contributed by atoms with Crippen LogP contribution in [0.25, 0.3) is 66.1 Å². The lowest BCUT2D eigenvalue weighted by atomic mass is 10.0. The van der Waals surface area contributed by atoms with Crippen LogP contribution in [0.2, 0.25) is 0 Å². The van der Waals surface area contributed by atoms with Crippen LogP contribution in [0.15, 0.2) is 147 Å². The fourth-order valence-electron chi connectivity index (χ4n) is 10.5. The van der Waals surface area contributed by atoms with Crippen LogP contribution >= 0.6 is 0 Å². The zero-order chi connectivity index (χ0) is 53.9. The predicted octanol–water partition coefficient (Wildman–Crippen LogP) is 9.34. The number of carbonyl (C=O) groups excluding carboxylic acids is 4. The number of aryl methyl sites for hydroxylation is 2. The van der Waals surface area contributed by atoms with Crippen molar-refractivity contribution in [3.63, 3.8) is 0 Å². The summed E-state index contributed by atoms with van der Waals surface area (Å²) in [6, 6.07) is 28.2. The fraction of sp³-hybridized carbons (Fsp3) is 0.233. The molecular weight excluding hydrogens is 981 g/mol. The Hall–Kier alpha value is -9.58. The number of amides is 4. The molecule has 4 N–H and O–H groups in total. The van der Waals surface area contributed by atoms with E-state index in [-0.39, 0.29) is 35.7 Å². The summed E-state index contributed by atoms with van der Waals surface area (Å²) in [5, 5.41) is 15.4. The summed E-state index contributed by atoms with van der Waals surface area (Å²) >= 11 is 0. The zero-order valence-electron chi connectivity index (χ0n) is 43.8. The van der Waals surface area contributed by atoms with Crippen molar-refractivity contribution in [3.05, 3.63) is 158 Å². The van der Waals surface area contributed by atoms with Crippen LogP contribution in [0.3, 0.4) is 0 Å². The normalized spacial score (nSPS) is 14.7. The van der Waals surface area contributed by atoms with Crippen molar-refractivity contribution in [2.75, 3.05) is 36.8 Å². The number of likely N-dealkylation sites (tertiary alicyclic amines) is 2. The van der Waals surface area contributed by atoms with Gasteiger partial charge in [0.05, 0.1) is 57.0 Å². The van der Waals surface area contributed by atoms with Gasteiger partial charge in [-0.2, -0.15) is 0 Å². The summed E-state index contributed by atoms with van der Waals surface area (Å²) in [6.45, 7) is 5.70. The molecule has 18 heteroatoms. The van der Waals surface area contributed by atoms with Crippen molar-refractivity contribution in [2.45, 2.75) is 51.6 Å². The van der Waals surface area contributed by atoms with Crippen molar-refractivity contribution in [1.29, 1.82) is 0 Å². The summed E-state index contributed by atoms with van der Waals surface area (Å²) in [6.07, 6.45) is 20.5. The van der Waals surface area contributed by atoms with Crippen molar-refractivity contribution in [3.8, 4) is 22.3 Å². The van der Waals surface area contributed by atoms with Gasteiger partial charge in [-0.3, -0.25) is 49.1 Å². The summed E-state index contributed by atoms with van der Waals surface area (Å²) in [5.41, 5.74) is 13.0. The molecule has 0 spiro atoms. The number of hydrogen-bond acceptors (Lipinski definition) is 12. The number of anilines is 4. The molecule has 18 nitrogen and oxygen atoms in total. The molecule has 1 atom stereocenters. The van der Waals surface area contributed by atoms with Crippen molar-refractivity contribution in [1.82, 2.24) is 59.5 Å². The zero-order valence-corrected chi connectivity index (χ0v) is 43.8. The Bertz CT molecular complexity index is 3920. The number of carbonyl (C=O) groups is 4. The van der Waals surface area contributed by atoms with Gasteiger partial charge in [0, 0.05) is 149 Å². The molecule has 2 aliphatic rings. The molecule has 392 valence electrons. The molecule has 0 aliphatic carbocycles. The fourth-order valence-corrected chi connectivity index (χ4v) is 10.5. The average molecular weight is 1040 g/mol. The number of aromatic nitrogens is 8. The standard InChI is InChI=1S/2C30H29N7O2/c1-19(38)37-13-7-22(8-14-37)35-30(39)24-5-9-31-18-27(24)34-23-16-25(29-26(17-23)32-10-11-33-29)21-4-3-20-6-12-36(2)28(20)15-21;1-19(38)37-12-3-4-22(18-37)35-30(39)24-7-9-31-17-27(24)34-23-15-25(29-26(16-23)32-10-11-33-29)21-6-5-20-8-13-36(2)28(20)14-21/h3-6,9-12,15-18,22,34H,7-8,13-14H2,1-2H3,(H,35,39);5-11,13-17,22,34H,3-4,12,18H2,1-2H3,(H,35,39). The number of pyridine rings is 2. The minimum absolute atomic E-state index is 0.0177. The molecule has 8 heterocycles. The monoisotopic (exact) mass is 1040 g/mol. The second kappa shape index (κ2) is 21.9. The first-order valence-electron chi connectivity index (χ1n) is 26.1. The van der Waals surface area contributed by atoms with Crippen LogP contribution in [0.4, 0.5) is 22.7 Å². The van der Waals surface area contributed by atoms with E-state index in [1.807, 2.05) is 55.7 Å². The van der Waals surface area contributed by atoms with E-state index in [0.29, 0.717) is 42.1 Å². The van der Waals surface area contributed by atoms with Crippen LogP contribution in [0.1, 0.15) is 60.2 Å². The second-order valence-corrected chi connectivity index (χ2v) is 19.9. The predicted molar refractivity (Wildman–Crippen MR) is 303 cm³/mol. The van der Waals surface area contributed by atoms with Crippen LogP contribution < -0.4 is 21.3 Å². The van der Waals surface area contributed by atoms with Gasteiger partial charge in [-0.25, -0.2) is 0 Å². The lowest BCUT2D eigenvalue weighted by molar-refractivity contribution is -0.130. The molecule has 12 rings (SSSR count). The number of fused-ring (bicyclic) bond motifs is 4. The van der Waals surface area contributed by atoms with E-state index < -0.39 is 0 Å². The third kappa shape index (κ3) is 10.8. The smallest absolute Gasteiger partial charge is 0.253 e. The van der Waals surface area contributed by atoms with E-state index >= 15 is 0 Å². The quantitative estimate of drug-likeness (QED) is 0.101. The van der Waals surface area contributed by atoms with Crippen molar-refractivity contribution in [2.24, 2.45) is 14.1 Å². The van der Waals surface area contributed by atoms with Gasteiger partial charge < -0.3 is 40.2 Å². The third-order valence-electron chi connectivity index (χ3n) is 14.7. The first-order chi connectivity index (χ1) is 37.9. The van der Waals surface area contributed by atoms with Gasteiger partial charge in [-0.15, -0.1) is 0 Å². The topological polar surface area (TPSA) is 210 Å². The van der Waals surface area contributed by atoms with E-state index in [0.717, 1.165) is 99.0 Å². The molecule has 6 aromatic heterocycles. The van der Waals surface area contributed by atoms with Gasteiger partial charge in [0.15, 0.2) is 0 Å². The van der Waals surface area contributed by atoms with E-state index in [9.17, 15) is 19.2 Å². The number of nitrogens with zero attached hydrogens (tertiary/aromatic N) is 10. The number of nitrogens with one attached hydrogen (secondary N) is 4. The molecule has 78 heavy (non-hydrogen) atoms. The second-order valence-electron chi connectivity index (χ2n) is 19.9. The molecule has 1 unspecified atom stereocenters. The van der Waals surface area contributed by atoms with Crippen LogP contribution in [0.5, 0.6) is 0 Å². The van der Waals surface area contributed by atoms with Crippen molar-refractivity contribution >= 4 is 90.3 Å². The van der Waals surface area contributed by atoms with Gasteiger partial charge in [0.2, 0.25) is 11.8 Å².